The smallest absolute Gasteiger partial charge is 0.442 e. The van der Waals surface area contributed by atoms with Crippen LogP contribution in [-0.4, -0.2) is 12.1 Å². The fraction of sp³-hybridized carbons (Fsp3) is 0.167. The lowest BCUT2D eigenvalue weighted by Gasteiger charge is -2.16. The molecular formula is C6H3F2O3S-. The average Bonchev–Trinajstić information content (AvgIpc) is 2.38. The van der Waals surface area contributed by atoms with Gasteiger partial charge in [-0.3, -0.25) is 0 Å². The molecule has 0 saturated carbocycles. The van der Waals surface area contributed by atoms with Gasteiger partial charge >= 0.3 is 6.11 Å². The molecule has 1 aromatic heterocycles. The first-order valence-corrected chi connectivity index (χ1v) is 3.72. The number of carbonyl (C=O) groups is 1. The molecule has 0 spiro atoms. The Morgan fingerprint density at radius 2 is 2.33 bits per heavy atom. The molecule has 0 aliphatic rings. The summed E-state index contributed by atoms with van der Waals surface area (Å²) in [6.07, 6.45) is -4.26. The van der Waals surface area contributed by atoms with E-state index in [4.69, 9.17) is 0 Å². The van der Waals surface area contributed by atoms with Crippen molar-refractivity contribution in [3.63, 3.8) is 0 Å². The third kappa shape index (κ3) is 1.91. The highest BCUT2D eigenvalue weighted by atomic mass is 32.1. The van der Waals surface area contributed by atoms with E-state index >= 15 is 0 Å². The molecule has 0 N–H and O–H groups in total. The van der Waals surface area contributed by atoms with Crippen molar-refractivity contribution in [2.45, 2.75) is 6.11 Å². The number of halogens is 2. The van der Waals surface area contributed by atoms with E-state index in [1.165, 1.54) is 17.5 Å². The molecule has 1 aromatic rings. The molecule has 0 unspecified atom stereocenters. The van der Waals surface area contributed by atoms with Gasteiger partial charge in [0, 0.05) is 0 Å². The molecule has 66 valence electrons. The van der Waals surface area contributed by atoms with Crippen molar-refractivity contribution in [2.75, 3.05) is 0 Å². The van der Waals surface area contributed by atoms with E-state index < -0.39 is 12.1 Å². The molecule has 0 aromatic carbocycles. The summed E-state index contributed by atoms with van der Waals surface area (Å²) in [5, 5.41) is 11.1. The predicted octanol–water partition coefficient (Wildman–Crippen LogP) is 0.470. The molecule has 0 saturated heterocycles. The summed E-state index contributed by atoms with van der Waals surface area (Å²) in [6, 6.07) is 2.70. The number of carbonyl (C=O) groups excluding carboxylic acids is 1. The lowest BCUT2D eigenvalue weighted by atomic mass is 10.6. The van der Waals surface area contributed by atoms with Crippen LogP contribution in [0, 0.1) is 0 Å². The first-order chi connectivity index (χ1) is 5.52. The van der Waals surface area contributed by atoms with Gasteiger partial charge in [0.05, 0.1) is 0 Å². The van der Waals surface area contributed by atoms with Crippen molar-refractivity contribution >= 4 is 17.3 Å². The second-order valence-electron chi connectivity index (χ2n) is 1.84. The quantitative estimate of drug-likeness (QED) is 0.701. The summed E-state index contributed by atoms with van der Waals surface area (Å²) in [5.41, 5.74) is 0. The maximum atomic E-state index is 12.2. The molecule has 0 aliphatic heterocycles. The molecule has 12 heavy (non-hydrogen) atoms. The van der Waals surface area contributed by atoms with Crippen LogP contribution in [0.2, 0.25) is 0 Å². The fourth-order valence-corrected chi connectivity index (χ4v) is 1.09. The van der Waals surface area contributed by atoms with Gasteiger partial charge in [0.25, 0.3) is 0 Å². The number of carboxylic acid groups (broad SMARTS) is 1. The van der Waals surface area contributed by atoms with Crippen LogP contribution in [0.25, 0.3) is 0 Å². The Kier molecular flexibility index (Phi) is 2.27. The molecular weight excluding hydrogens is 190 g/mol. The maximum Gasteiger partial charge on any atom is 0.442 e. The van der Waals surface area contributed by atoms with Gasteiger partial charge in [-0.25, -0.2) is 0 Å². The fourth-order valence-electron chi connectivity index (χ4n) is 0.490. The monoisotopic (exact) mass is 193 g/mol. The molecule has 0 radical (unpaired) electrons. The van der Waals surface area contributed by atoms with Crippen molar-refractivity contribution in [1.82, 2.24) is 0 Å². The van der Waals surface area contributed by atoms with Gasteiger partial charge in [0.1, 0.15) is 0 Å². The molecule has 0 atom stereocenters. The van der Waals surface area contributed by atoms with Gasteiger partial charge in [0.2, 0.25) is 0 Å². The molecule has 0 aliphatic carbocycles. The first-order valence-electron chi connectivity index (χ1n) is 2.84. The minimum absolute atomic E-state index is 0.163. The second kappa shape index (κ2) is 3.06. The minimum Gasteiger partial charge on any atom is -0.541 e. The summed E-state index contributed by atoms with van der Waals surface area (Å²) in [4.78, 5) is 9.77. The molecule has 0 amide bonds. The topological polar surface area (TPSA) is 49.4 Å². The number of alkyl halides is 2. The summed E-state index contributed by atoms with van der Waals surface area (Å²) >= 11 is 0.874. The lowest BCUT2D eigenvalue weighted by molar-refractivity contribution is -0.350. The second-order valence-corrected chi connectivity index (χ2v) is 2.75. The highest BCUT2D eigenvalue weighted by molar-refractivity contribution is 7.11. The number of thiophene rings is 1. The van der Waals surface area contributed by atoms with E-state index in [2.05, 4.69) is 4.74 Å². The van der Waals surface area contributed by atoms with Crippen LogP contribution in [0.4, 0.5) is 8.78 Å². The zero-order valence-corrected chi connectivity index (χ0v) is 6.44. The van der Waals surface area contributed by atoms with Gasteiger partial charge in [-0.2, -0.15) is 8.78 Å². The molecule has 3 nitrogen and oxygen atoms in total. The standard InChI is InChI=1S/C6H4F2O3S/c7-6(8,5(9)10)11-4-2-1-3-12-4/h1-3H,(H,9,10)/p-1. The van der Waals surface area contributed by atoms with Crippen molar-refractivity contribution in [2.24, 2.45) is 0 Å². The highest BCUT2D eigenvalue weighted by Crippen LogP contribution is 2.25. The number of hydrogen-bond donors (Lipinski definition) is 0. The van der Waals surface area contributed by atoms with Crippen LogP contribution in [0.5, 0.6) is 5.06 Å². The Bertz CT molecular complexity index is 270. The van der Waals surface area contributed by atoms with E-state index in [1.807, 2.05) is 0 Å². The van der Waals surface area contributed by atoms with Crippen LogP contribution in [0.3, 0.4) is 0 Å². The van der Waals surface area contributed by atoms with Crippen molar-refractivity contribution < 1.29 is 23.4 Å². The molecule has 0 fully saturated rings. The number of aliphatic carboxylic acids is 1. The summed E-state index contributed by atoms with van der Waals surface area (Å²) in [5.74, 6) is -2.55. The van der Waals surface area contributed by atoms with E-state index in [0.29, 0.717) is 0 Å². The summed E-state index contributed by atoms with van der Waals surface area (Å²) in [6.45, 7) is 0. The van der Waals surface area contributed by atoms with Gasteiger partial charge in [0.15, 0.2) is 11.0 Å². The Morgan fingerprint density at radius 1 is 1.67 bits per heavy atom. The highest BCUT2D eigenvalue weighted by Gasteiger charge is 2.34. The number of hydrogen-bond acceptors (Lipinski definition) is 4. The van der Waals surface area contributed by atoms with Gasteiger partial charge in [-0.15, -0.1) is 11.3 Å². The summed E-state index contributed by atoms with van der Waals surface area (Å²) < 4.78 is 28.3. The Labute approximate surface area is 70.2 Å². The normalized spacial score (nSPS) is 11.2. The van der Waals surface area contributed by atoms with Crippen LogP contribution in [0.1, 0.15) is 0 Å². The van der Waals surface area contributed by atoms with Crippen LogP contribution >= 0.6 is 11.3 Å². The van der Waals surface area contributed by atoms with E-state index in [-0.39, 0.29) is 5.06 Å². The van der Waals surface area contributed by atoms with Crippen LogP contribution < -0.4 is 9.84 Å². The zero-order valence-electron chi connectivity index (χ0n) is 5.62. The Morgan fingerprint density at radius 3 is 2.75 bits per heavy atom. The predicted molar refractivity (Wildman–Crippen MR) is 34.9 cm³/mol. The lowest BCUT2D eigenvalue weighted by Crippen LogP contribution is -2.45. The number of ether oxygens (including phenoxy) is 1. The largest absolute Gasteiger partial charge is 0.541 e. The van der Waals surface area contributed by atoms with Crippen molar-refractivity contribution in [3.8, 4) is 5.06 Å². The van der Waals surface area contributed by atoms with Crippen LogP contribution in [-0.2, 0) is 4.79 Å². The molecule has 0 bridgehead atoms. The number of carboxylic acids is 1. The first kappa shape index (κ1) is 8.92. The van der Waals surface area contributed by atoms with Gasteiger partial charge < -0.3 is 14.6 Å². The molecule has 1 heterocycles. The third-order valence-corrected chi connectivity index (χ3v) is 1.71. The Balaban J connectivity index is 2.69. The van der Waals surface area contributed by atoms with E-state index in [0.717, 1.165) is 11.3 Å². The Hall–Kier alpha value is -1.17. The van der Waals surface area contributed by atoms with E-state index in [1.54, 1.807) is 0 Å². The SMILES string of the molecule is O=C([O-])C(F)(F)Oc1cccs1. The van der Waals surface area contributed by atoms with Crippen LogP contribution in [0.15, 0.2) is 17.5 Å². The maximum absolute atomic E-state index is 12.2. The third-order valence-electron chi connectivity index (χ3n) is 0.961. The van der Waals surface area contributed by atoms with Crippen molar-refractivity contribution in [1.29, 1.82) is 0 Å². The molecule has 1 rings (SSSR count). The van der Waals surface area contributed by atoms with Gasteiger partial charge in [-0.1, -0.05) is 0 Å². The summed E-state index contributed by atoms with van der Waals surface area (Å²) in [7, 11) is 0. The number of rotatable bonds is 3. The van der Waals surface area contributed by atoms with Gasteiger partial charge in [-0.05, 0) is 17.5 Å². The van der Waals surface area contributed by atoms with Crippen molar-refractivity contribution in [3.05, 3.63) is 17.5 Å². The zero-order chi connectivity index (χ0) is 9.19. The average molecular weight is 193 g/mol. The van der Waals surface area contributed by atoms with E-state index in [9.17, 15) is 18.7 Å². The molecule has 6 heteroatoms. The minimum atomic E-state index is -4.26.